The lowest BCUT2D eigenvalue weighted by Gasteiger charge is -2.08. The maximum atomic E-state index is 11.6. The second-order valence-corrected chi connectivity index (χ2v) is 3.64. The van der Waals surface area contributed by atoms with Gasteiger partial charge in [0.05, 0.1) is 12.0 Å². The Morgan fingerprint density at radius 2 is 1.89 bits per heavy atom. The summed E-state index contributed by atoms with van der Waals surface area (Å²) in [6.45, 7) is 1.66. The number of esters is 2. The Kier molecular flexibility index (Phi) is 4.56. The lowest BCUT2D eigenvalue weighted by Crippen LogP contribution is -2.28. The summed E-state index contributed by atoms with van der Waals surface area (Å²) in [7, 11) is 0. The maximum Gasteiger partial charge on any atom is 0.346 e. The van der Waals surface area contributed by atoms with Gasteiger partial charge in [-0.2, -0.15) is 0 Å². The average Bonchev–Trinajstić information content (AvgIpc) is 2.28. The fourth-order valence-corrected chi connectivity index (χ4v) is 1.27. The largest absolute Gasteiger partial charge is 0.481 e. The van der Waals surface area contributed by atoms with Gasteiger partial charge < -0.3 is 14.9 Å². The van der Waals surface area contributed by atoms with Crippen LogP contribution in [-0.2, 0) is 14.3 Å². The summed E-state index contributed by atoms with van der Waals surface area (Å²) >= 11 is 0. The number of ether oxygens (including phenoxy) is 1. The number of carboxylic acids is 1. The number of aliphatic carboxylic acids is 1. The van der Waals surface area contributed by atoms with Gasteiger partial charge in [-0.15, -0.1) is 0 Å². The third kappa shape index (κ3) is 3.67. The molecule has 1 rings (SSSR count). The highest BCUT2D eigenvalue weighted by Gasteiger charge is 2.24. The number of aliphatic hydroxyl groups excluding tert-OH is 1. The number of carbonyl (C=O) groups is 3. The summed E-state index contributed by atoms with van der Waals surface area (Å²) in [6.07, 6.45) is -2.66. The third-order valence-corrected chi connectivity index (χ3v) is 2.20. The second-order valence-electron chi connectivity index (χ2n) is 3.64. The van der Waals surface area contributed by atoms with E-state index in [1.807, 2.05) is 0 Å². The molecule has 0 saturated carbocycles. The van der Waals surface area contributed by atoms with Crippen molar-refractivity contribution in [1.29, 1.82) is 0 Å². The van der Waals surface area contributed by atoms with Crippen LogP contribution in [0.15, 0.2) is 24.3 Å². The summed E-state index contributed by atoms with van der Waals surface area (Å²) in [5.74, 6) is -3.55. The smallest absolute Gasteiger partial charge is 0.346 e. The van der Waals surface area contributed by atoms with Crippen LogP contribution in [0.3, 0.4) is 0 Å². The van der Waals surface area contributed by atoms with E-state index in [1.165, 1.54) is 6.07 Å². The predicted molar refractivity (Wildman–Crippen MR) is 59.9 cm³/mol. The van der Waals surface area contributed by atoms with Crippen molar-refractivity contribution in [3.63, 3.8) is 0 Å². The molecule has 0 aliphatic rings. The molecule has 1 aromatic rings. The summed E-state index contributed by atoms with van der Waals surface area (Å²) in [5, 5.41) is 17.5. The Morgan fingerprint density at radius 1 is 1.28 bits per heavy atom. The monoisotopic (exact) mass is 252 g/mol. The van der Waals surface area contributed by atoms with Crippen LogP contribution in [0.1, 0.15) is 22.3 Å². The normalized spacial score (nSPS) is 11.7. The Balaban J connectivity index is 2.68. The van der Waals surface area contributed by atoms with Crippen molar-refractivity contribution in [3.8, 4) is 0 Å². The highest BCUT2D eigenvalue weighted by Crippen LogP contribution is 2.09. The van der Waals surface area contributed by atoms with Crippen LogP contribution >= 0.6 is 0 Å². The molecule has 6 nitrogen and oxygen atoms in total. The van der Waals surface area contributed by atoms with E-state index in [1.54, 1.807) is 25.1 Å². The van der Waals surface area contributed by atoms with Gasteiger partial charge in [0, 0.05) is 0 Å². The average molecular weight is 252 g/mol. The van der Waals surface area contributed by atoms with Crippen molar-refractivity contribution >= 4 is 17.9 Å². The summed E-state index contributed by atoms with van der Waals surface area (Å²) < 4.78 is 4.39. The van der Waals surface area contributed by atoms with E-state index in [-0.39, 0.29) is 5.56 Å². The fraction of sp³-hybridized carbons (Fsp3) is 0.250. The predicted octanol–water partition coefficient (Wildman–Crippen LogP) is 0.514. The van der Waals surface area contributed by atoms with E-state index in [4.69, 9.17) is 10.2 Å². The number of benzene rings is 1. The van der Waals surface area contributed by atoms with E-state index in [9.17, 15) is 14.4 Å². The highest BCUT2D eigenvalue weighted by molar-refractivity contribution is 5.99. The third-order valence-electron chi connectivity index (χ3n) is 2.20. The topological polar surface area (TPSA) is 101 Å². The number of carbonyl (C=O) groups excluding carboxylic acids is 2. The van der Waals surface area contributed by atoms with Crippen molar-refractivity contribution in [1.82, 2.24) is 0 Å². The molecule has 1 unspecified atom stereocenters. The fourth-order valence-electron chi connectivity index (χ4n) is 1.27. The minimum Gasteiger partial charge on any atom is -0.481 e. The van der Waals surface area contributed by atoms with Crippen LogP contribution < -0.4 is 0 Å². The van der Waals surface area contributed by atoms with Gasteiger partial charge in [-0.3, -0.25) is 4.79 Å². The van der Waals surface area contributed by atoms with Crippen LogP contribution in [0.4, 0.5) is 0 Å². The van der Waals surface area contributed by atoms with Gasteiger partial charge in [-0.1, -0.05) is 18.2 Å². The molecule has 1 atom stereocenters. The van der Waals surface area contributed by atoms with Crippen molar-refractivity contribution in [2.45, 2.75) is 19.4 Å². The molecule has 0 bridgehead atoms. The van der Waals surface area contributed by atoms with E-state index >= 15 is 0 Å². The van der Waals surface area contributed by atoms with Crippen molar-refractivity contribution in [2.75, 3.05) is 0 Å². The SMILES string of the molecule is Cc1ccccc1C(=O)OC(=O)C(O)CC(=O)O. The Morgan fingerprint density at radius 3 is 2.44 bits per heavy atom. The van der Waals surface area contributed by atoms with Crippen LogP contribution in [0.25, 0.3) is 0 Å². The van der Waals surface area contributed by atoms with Gasteiger partial charge >= 0.3 is 17.9 Å². The molecule has 96 valence electrons. The lowest BCUT2D eigenvalue weighted by molar-refractivity contribution is -0.153. The Hall–Kier alpha value is -2.21. The van der Waals surface area contributed by atoms with Crippen LogP contribution in [0, 0.1) is 6.92 Å². The van der Waals surface area contributed by atoms with Crippen LogP contribution in [0.5, 0.6) is 0 Å². The molecule has 0 heterocycles. The molecular formula is C12H12O6. The zero-order chi connectivity index (χ0) is 13.7. The first-order valence-corrected chi connectivity index (χ1v) is 5.13. The van der Waals surface area contributed by atoms with Gasteiger partial charge in [0.1, 0.15) is 0 Å². The van der Waals surface area contributed by atoms with Crippen molar-refractivity contribution in [2.24, 2.45) is 0 Å². The first kappa shape index (κ1) is 13.9. The molecule has 0 aromatic heterocycles. The maximum absolute atomic E-state index is 11.6. The zero-order valence-corrected chi connectivity index (χ0v) is 9.62. The van der Waals surface area contributed by atoms with E-state index in [0.717, 1.165) is 0 Å². The summed E-state index contributed by atoms with van der Waals surface area (Å²) in [4.78, 5) is 33.1. The molecule has 2 N–H and O–H groups in total. The molecule has 0 aliphatic carbocycles. The molecule has 0 amide bonds. The number of hydrogen-bond donors (Lipinski definition) is 2. The molecule has 0 aliphatic heterocycles. The quantitative estimate of drug-likeness (QED) is 0.598. The zero-order valence-electron chi connectivity index (χ0n) is 9.62. The summed E-state index contributed by atoms with van der Waals surface area (Å²) in [6, 6.07) is 6.44. The van der Waals surface area contributed by atoms with E-state index < -0.39 is 30.4 Å². The molecule has 0 spiro atoms. The van der Waals surface area contributed by atoms with Crippen molar-refractivity contribution < 1.29 is 29.3 Å². The number of hydrogen-bond acceptors (Lipinski definition) is 5. The highest BCUT2D eigenvalue weighted by atomic mass is 16.6. The molecule has 0 radical (unpaired) electrons. The second kappa shape index (κ2) is 5.92. The van der Waals surface area contributed by atoms with Crippen LogP contribution in [0.2, 0.25) is 0 Å². The van der Waals surface area contributed by atoms with E-state index in [2.05, 4.69) is 4.74 Å². The van der Waals surface area contributed by atoms with Gasteiger partial charge in [0.2, 0.25) is 0 Å². The lowest BCUT2D eigenvalue weighted by atomic mass is 10.1. The number of aliphatic hydroxyl groups is 1. The first-order chi connectivity index (χ1) is 8.41. The van der Waals surface area contributed by atoms with Gasteiger partial charge in [0.25, 0.3) is 0 Å². The standard InChI is InChI=1S/C12H12O6/c1-7-4-2-3-5-8(7)11(16)18-12(17)9(13)6-10(14)15/h2-5,9,13H,6H2,1H3,(H,14,15). The van der Waals surface area contributed by atoms with Crippen molar-refractivity contribution in [3.05, 3.63) is 35.4 Å². The van der Waals surface area contributed by atoms with Crippen LogP contribution in [-0.4, -0.2) is 34.2 Å². The first-order valence-electron chi connectivity index (χ1n) is 5.13. The number of carboxylic acid groups (broad SMARTS) is 1. The molecular weight excluding hydrogens is 240 g/mol. The molecule has 6 heteroatoms. The molecule has 1 aromatic carbocycles. The number of aryl methyl sites for hydroxylation is 1. The molecule has 0 saturated heterocycles. The Bertz CT molecular complexity index is 479. The van der Waals surface area contributed by atoms with Gasteiger partial charge in [-0.25, -0.2) is 9.59 Å². The molecule has 0 fully saturated rings. The number of rotatable bonds is 4. The minimum absolute atomic E-state index is 0.188. The minimum atomic E-state index is -1.85. The Labute approximate surface area is 103 Å². The van der Waals surface area contributed by atoms with E-state index in [0.29, 0.717) is 5.56 Å². The van der Waals surface area contributed by atoms with Gasteiger partial charge in [-0.05, 0) is 18.6 Å². The molecule has 18 heavy (non-hydrogen) atoms. The van der Waals surface area contributed by atoms with Gasteiger partial charge in [0.15, 0.2) is 6.10 Å². The summed E-state index contributed by atoms with van der Waals surface area (Å²) in [5.41, 5.74) is 0.802.